The van der Waals surface area contributed by atoms with E-state index in [4.69, 9.17) is 0 Å². The summed E-state index contributed by atoms with van der Waals surface area (Å²) in [6.45, 7) is 4.49. The Morgan fingerprint density at radius 1 is 0.964 bits per heavy atom. The van der Waals surface area contributed by atoms with Crippen molar-refractivity contribution < 1.29 is 9.59 Å². The van der Waals surface area contributed by atoms with Crippen LogP contribution in [0, 0.1) is 0 Å². The van der Waals surface area contributed by atoms with E-state index in [1.807, 2.05) is 24.3 Å². The van der Waals surface area contributed by atoms with Crippen LogP contribution in [-0.4, -0.2) is 11.7 Å². The van der Waals surface area contributed by atoms with Crippen molar-refractivity contribution >= 4 is 24.1 Å². The zero-order valence-corrected chi connectivity index (χ0v) is 17.2. The van der Waals surface area contributed by atoms with Crippen LogP contribution >= 0.6 is 12.4 Å². The molecule has 0 radical (unpaired) electrons. The summed E-state index contributed by atoms with van der Waals surface area (Å²) in [7, 11) is 0. The van der Waals surface area contributed by atoms with Gasteiger partial charge in [-0.25, -0.2) is 0 Å². The fourth-order valence-electron chi connectivity index (χ4n) is 3.36. The van der Waals surface area contributed by atoms with Crippen LogP contribution in [0.2, 0.25) is 0 Å². The van der Waals surface area contributed by atoms with Gasteiger partial charge < -0.3 is 10.6 Å². The molecule has 0 aliphatic carbocycles. The molecule has 1 aliphatic rings. The number of fused-ring (bicyclic) bond motifs is 1. The molecule has 1 aliphatic heterocycles. The number of hydrogen-bond acceptors (Lipinski definition) is 3. The lowest BCUT2D eigenvalue weighted by atomic mass is 10.0. The summed E-state index contributed by atoms with van der Waals surface area (Å²) >= 11 is 0. The topological polar surface area (TPSA) is 58.2 Å². The van der Waals surface area contributed by atoms with Crippen LogP contribution in [-0.2, 0) is 30.8 Å². The number of carbonyl (C=O) groups is 2. The molecule has 0 unspecified atom stereocenters. The Labute approximate surface area is 173 Å². The summed E-state index contributed by atoms with van der Waals surface area (Å²) < 4.78 is 0. The summed E-state index contributed by atoms with van der Waals surface area (Å²) in [5.41, 5.74) is 5.68. The maximum atomic E-state index is 12.3. The van der Waals surface area contributed by atoms with Crippen molar-refractivity contribution in [1.29, 1.82) is 0 Å². The van der Waals surface area contributed by atoms with Gasteiger partial charge in [-0.15, -0.1) is 12.4 Å². The molecule has 2 aromatic rings. The number of nitrogens with one attached hydrogen (secondary N) is 2. The molecule has 0 fully saturated rings. The van der Waals surface area contributed by atoms with E-state index in [0.29, 0.717) is 12.1 Å². The summed E-state index contributed by atoms with van der Waals surface area (Å²) in [5, 5.41) is 6.23. The second kappa shape index (κ2) is 11.0. The van der Waals surface area contributed by atoms with E-state index in [1.165, 1.54) is 16.7 Å². The van der Waals surface area contributed by atoms with E-state index in [9.17, 15) is 9.59 Å². The number of halogens is 1. The molecule has 0 saturated heterocycles. The van der Waals surface area contributed by atoms with Crippen LogP contribution in [0.3, 0.4) is 0 Å². The largest absolute Gasteiger partial charge is 0.352 e. The van der Waals surface area contributed by atoms with Crippen molar-refractivity contribution in [1.82, 2.24) is 10.6 Å². The predicted molar refractivity (Wildman–Crippen MR) is 115 cm³/mol. The first-order valence-corrected chi connectivity index (χ1v) is 9.86. The van der Waals surface area contributed by atoms with Crippen LogP contribution < -0.4 is 10.6 Å². The number of aryl methyl sites for hydroxylation is 1. The fourth-order valence-corrected chi connectivity index (χ4v) is 3.36. The SMILES string of the molecule is CCCCc1ccc(C(=O)CCC(=O)NCc2ccc3c(c2)CNC3)cc1.Cl. The minimum absolute atomic E-state index is 0. The summed E-state index contributed by atoms with van der Waals surface area (Å²) in [4.78, 5) is 24.4. The maximum absolute atomic E-state index is 12.3. The number of benzene rings is 2. The third-order valence-corrected chi connectivity index (χ3v) is 5.07. The average molecular weight is 401 g/mol. The molecule has 4 nitrogen and oxygen atoms in total. The van der Waals surface area contributed by atoms with Gasteiger partial charge >= 0.3 is 0 Å². The Kier molecular flexibility index (Phi) is 8.68. The first-order valence-electron chi connectivity index (χ1n) is 9.86. The van der Waals surface area contributed by atoms with Gasteiger partial charge in [0, 0.05) is 38.0 Å². The van der Waals surface area contributed by atoms with Crippen molar-refractivity contribution in [2.45, 2.75) is 58.7 Å². The molecule has 3 rings (SSSR count). The molecular formula is C23H29ClN2O2. The Balaban J connectivity index is 0.00000280. The van der Waals surface area contributed by atoms with Crippen LogP contribution in [0.5, 0.6) is 0 Å². The quantitative estimate of drug-likeness (QED) is 0.616. The highest BCUT2D eigenvalue weighted by Gasteiger charge is 2.12. The molecule has 0 aromatic heterocycles. The molecule has 5 heteroatoms. The van der Waals surface area contributed by atoms with Crippen molar-refractivity contribution in [2.75, 3.05) is 0 Å². The summed E-state index contributed by atoms with van der Waals surface area (Å²) in [5.74, 6) is -0.0580. The third-order valence-electron chi connectivity index (χ3n) is 5.07. The van der Waals surface area contributed by atoms with E-state index >= 15 is 0 Å². The van der Waals surface area contributed by atoms with Crippen molar-refractivity contribution in [2.24, 2.45) is 0 Å². The molecule has 150 valence electrons. The van der Waals surface area contributed by atoms with Crippen molar-refractivity contribution in [3.05, 3.63) is 70.3 Å². The standard InChI is InChI=1S/C23H28N2O2.ClH/c1-2-3-4-17-5-8-19(9-6-17)22(26)11-12-23(27)25-14-18-7-10-20-15-24-16-21(20)13-18;/h5-10,13,24H,2-4,11-12,14-16H2,1H3,(H,25,27);1H. The Bertz CT molecular complexity index is 803. The van der Waals surface area contributed by atoms with Gasteiger partial charge in [0.05, 0.1) is 0 Å². The number of ketones is 1. The van der Waals surface area contributed by atoms with Gasteiger partial charge in [-0.3, -0.25) is 9.59 Å². The van der Waals surface area contributed by atoms with Crippen LogP contribution in [0.15, 0.2) is 42.5 Å². The number of hydrogen-bond donors (Lipinski definition) is 2. The summed E-state index contributed by atoms with van der Waals surface area (Å²) in [6.07, 6.45) is 3.84. The highest BCUT2D eigenvalue weighted by molar-refractivity contribution is 5.97. The van der Waals surface area contributed by atoms with Crippen LogP contribution in [0.25, 0.3) is 0 Å². The van der Waals surface area contributed by atoms with Gasteiger partial charge in [0.15, 0.2) is 5.78 Å². The minimum atomic E-state index is -0.0819. The van der Waals surface area contributed by atoms with E-state index in [1.54, 1.807) is 0 Å². The smallest absolute Gasteiger partial charge is 0.220 e. The highest BCUT2D eigenvalue weighted by Crippen LogP contribution is 2.17. The van der Waals surface area contributed by atoms with E-state index in [0.717, 1.165) is 37.9 Å². The molecule has 0 bridgehead atoms. The molecule has 0 atom stereocenters. The summed E-state index contributed by atoms with van der Waals surface area (Å²) in [6, 6.07) is 14.1. The Hall–Kier alpha value is -2.17. The van der Waals surface area contributed by atoms with Gasteiger partial charge in [-0.2, -0.15) is 0 Å². The number of amides is 1. The first-order chi connectivity index (χ1) is 13.2. The fraction of sp³-hybridized carbons (Fsp3) is 0.391. The van der Waals surface area contributed by atoms with E-state index in [-0.39, 0.29) is 36.9 Å². The monoisotopic (exact) mass is 400 g/mol. The van der Waals surface area contributed by atoms with Gasteiger partial charge in [0.25, 0.3) is 0 Å². The number of unbranched alkanes of at least 4 members (excludes halogenated alkanes) is 1. The number of Topliss-reactive ketones (excluding diaryl/α,β-unsaturated/α-hetero) is 1. The first kappa shape index (κ1) is 22.1. The second-order valence-corrected chi connectivity index (χ2v) is 7.21. The highest BCUT2D eigenvalue weighted by atomic mass is 35.5. The molecule has 2 N–H and O–H groups in total. The van der Waals surface area contributed by atoms with Crippen molar-refractivity contribution in [3.63, 3.8) is 0 Å². The van der Waals surface area contributed by atoms with E-state index in [2.05, 4.69) is 35.8 Å². The zero-order valence-electron chi connectivity index (χ0n) is 16.4. The molecule has 0 saturated carbocycles. The normalized spacial score (nSPS) is 12.2. The number of rotatable bonds is 9. The lowest BCUT2D eigenvalue weighted by Gasteiger charge is -2.07. The van der Waals surface area contributed by atoms with E-state index < -0.39 is 0 Å². The molecule has 0 spiro atoms. The van der Waals surface area contributed by atoms with Crippen molar-refractivity contribution in [3.8, 4) is 0 Å². The van der Waals surface area contributed by atoms with Gasteiger partial charge in [0.2, 0.25) is 5.91 Å². The minimum Gasteiger partial charge on any atom is -0.352 e. The van der Waals surface area contributed by atoms with Gasteiger partial charge in [-0.1, -0.05) is 55.8 Å². The Morgan fingerprint density at radius 3 is 2.43 bits per heavy atom. The molecule has 2 aromatic carbocycles. The predicted octanol–water partition coefficient (Wildman–Crippen LogP) is 4.33. The maximum Gasteiger partial charge on any atom is 0.220 e. The van der Waals surface area contributed by atoms with Crippen LogP contribution in [0.4, 0.5) is 0 Å². The molecule has 1 heterocycles. The van der Waals surface area contributed by atoms with Crippen LogP contribution in [0.1, 0.15) is 65.2 Å². The average Bonchev–Trinajstić information content (AvgIpc) is 3.17. The Morgan fingerprint density at radius 2 is 1.68 bits per heavy atom. The van der Waals surface area contributed by atoms with Gasteiger partial charge in [-0.05, 0) is 35.1 Å². The third kappa shape index (κ3) is 6.18. The zero-order chi connectivity index (χ0) is 19.1. The molecule has 28 heavy (non-hydrogen) atoms. The molecular weight excluding hydrogens is 372 g/mol. The van der Waals surface area contributed by atoms with Gasteiger partial charge in [0.1, 0.15) is 0 Å². The number of carbonyl (C=O) groups excluding carboxylic acids is 2. The second-order valence-electron chi connectivity index (χ2n) is 7.21. The lowest BCUT2D eigenvalue weighted by Crippen LogP contribution is -2.23. The molecule has 1 amide bonds. The lowest BCUT2D eigenvalue weighted by molar-refractivity contribution is -0.121.